The van der Waals surface area contributed by atoms with Crippen molar-refractivity contribution in [1.29, 1.82) is 0 Å². The molecular formula is C13H12N2O3S. The lowest BCUT2D eigenvalue weighted by molar-refractivity contribution is -0.133. The fourth-order valence-electron chi connectivity index (χ4n) is 2.21. The predicted molar refractivity (Wildman–Crippen MR) is 70.1 cm³/mol. The van der Waals surface area contributed by atoms with Crippen LogP contribution in [0.4, 0.5) is 0 Å². The first-order valence-electron chi connectivity index (χ1n) is 6.02. The maximum atomic E-state index is 10.5. The van der Waals surface area contributed by atoms with E-state index in [1.165, 1.54) is 17.5 Å². The Labute approximate surface area is 114 Å². The number of aryl methyl sites for hydroxylation is 2. The summed E-state index contributed by atoms with van der Waals surface area (Å²) in [6.07, 6.45) is 3.43. The topological polar surface area (TPSA) is 76.2 Å². The van der Waals surface area contributed by atoms with Gasteiger partial charge in [-0.2, -0.15) is 0 Å². The van der Waals surface area contributed by atoms with Crippen molar-refractivity contribution >= 4 is 17.7 Å². The Hall–Kier alpha value is -1.82. The minimum absolute atomic E-state index is 0.0776. The molecule has 0 aliphatic heterocycles. The van der Waals surface area contributed by atoms with E-state index in [-0.39, 0.29) is 11.0 Å². The van der Waals surface area contributed by atoms with Crippen LogP contribution in [-0.2, 0) is 17.6 Å². The third kappa shape index (κ3) is 2.63. The minimum Gasteiger partial charge on any atom is -0.481 e. The molecule has 1 N–H and O–H groups in total. The van der Waals surface area contributed by atoms with Crippen molar-refractivity contribution in [3.8, 4) is 11.5 Å². The van der Waals surface area contributed by atoms with Crippen molar-refractivity contribution < 1.29 is 14.3 Å². The monoisotopic (exact) mass is 276 g/mol. The van der Waals surface area contributed by atoms with Crippen molar-refractivity contribution in [2.75, 3.05) is 5.75 Å². The number of thioether (sulfide) groups is 1. The number of carboxylic acids is 1. The summed E-state index contributed by atoms with van der Waals surface area (Å²) in [4.78, 5) is 10.5. The third-order valence-corrected chi connectivity index (χ3v) is 3.87. The molecule has 2 aromatic rings. The van der Waals surface area contributed by atoms with Gasteiger partial charge in [0, 0.05) is 5.56 Å². The number of carboxylic acid groups (broad SMARTS) is 1. The van der Waals surface area contributed by atoms with Crippen LogP contribution < -0.4 is 0 Å². The standard InChI is InChI=1S/C13H12N2O3S/c16-11(17)7-19-13-15-14-12(18-13)10-5-4-8-2-1-3-9(8)6-10/h4-6H,1-3,7H2,(H,16,17). The average molecular weight is 276 g/mol. The Bertz CT molecular complexity index is 624. The molecule has 0 radical (unpaired) electrons. The van der Waals surface area contributed by atoms with Crippen LogP contribution in [0.15, 0.2) is 27.8 Å². The molecule has 5 nitrogen and oxygen atoms in total. The highest BCUT2D eigenvalue weighted by Crippen LogP contribution is 2.28. The lowest BCUT2D eigenvalue weighted by atomic mass is 10.1. The van der Waals surface area contributed by atoms with E-state index in [1.807, 2.05) is 6.07 Å². The quantitative estimate of drug-likeness (QED) is 0.864. The molecule has 98 valence electrons. The zero-order valence-corrected chi connectivity index (χ0v) is 10.9. The largest absolute Gasteiger partial charge is 0.481 e. The molecule has 0 saturated carbocycles. The fourth-order valence-corrected chi connectivity index (χ4v) is 2.70. The Balaban J connectivity index is 1.80. The molecule has 0 spiro atoms. The Morgan fingerprint density at radius 2 is 2.16 bits per heavy atom. The lowest BCUT2D eigenvalue weighted by Gasteiger charge is -2.00. The number of rotatable bonds is 4. The summed E-state index contributed by atoms with van der Waals surface area (Å²) in [6, 6.07) is 6.16. The normalized spacial score (nSPS) is 13.5. The Morgan fingerprint density at radius 3 is 3.00 bits per heavy atom. The number of nitrogens with zero attached hydrogens (tertiary/aromatic N) is 2. The van der Waals surface area contributed by atoms with Crippen LogP contribution in [0.3, 0.4) is 0 Å². The summed E-state index contributed by atoms with van der Waals surface area (Å²) in [5.41, 5.74) is 3.63. The summed E-state index contributed by atoms with van der Waals surface area (Å²) < 4.78 is 5.46. The van der Waals surface area contributed by atoms with Crippen LogP contribution >= 0.6 is 11.8 Å². The van der Waals surface area contributed by atoms with Gasteiger partial charge in [-0.1, -0.05) is 17.8 Å². The number of hydrogen-bond acceptors (Lipinski definition) is 5. The highest BCUT2D eigenvalue weighted by molar-refractivity contribution is 7.99. The van der Waals surface area contributed by atoms with E-state index < -0.39 is 5.97 Å². The van der Waals surface area contributed by atoms with E-state index in [1.54, 1.807) is 0 Å². The predicted octanol–water partition coefficient (Wildman–Crippen LogP) is 2.40. The molecule has 0 atom stereocenters. The van der Waals surface area contributed by atoms with Crippen LogP contribution in [-0.4, -0.2) is 27.0 Å². The Kier molecular flexibility index (Phi) is 3.25. The van der Waals surface area contributed by atoms with Gasteiger partial charge < -0.3 is 9.52 Å². The van der Waals surface area contributed by atoms with Crippen LogP contribution in [0.2, 0.25) is 0 Å². The van der Waals surface area contributed by atoms with Crippen LogP contribution in [0, 0.1) is 0 Å². The molecular weight excluding hydrogens is 264 g/mol. The Morgan fingerprint density at radius 1 is 1.32 bits per heavy atom. The van der Waals surface area contributed by atoms with Crippen LogP contribution in [0.25, 0.3) is 11.5 Å². The first kappa shape index (κ1) is 12.2. The van der Waals surface area contributed by atoms with Gasteiger partial charge in [-0.3, -0.25) is 4.79 Å². The highest BCUT2D eigenvalue weighted by atomic mass is 32.2. The van der Waals surface area contributed by atoms with Gasteiger partial charge >= 0.3 is 5.97 Å². The van der Waals surface area contributed by atoms with E-state index in [0.717, 1.165) is 30.2 Å². The van der Waals surface area contributed by atoms with Crippen LogP contribution in [0.5, 0.6) is 0 Å². The molecule has 0 unspecified atom stereocenters. The average Bonchev–Trinajstić information content (AvgIpc) is 3.04. The SMILES string of the molecule is O=C(O)CSc1nnc(-c2ccc3c(c2)CCC3)o1. The second-order valence-corrected chi connectivity index (χ2v) is 5.32. The number of benzene rings is 1. The van der Waals surface area contributed by atoms with Crippen molar-refractivity contribution in [3.05, 3.63) is 29.3 Å². The van der Waals surface area contributed by atoms with Gasteiger partial charge in [0.1, 0.15) is 5.75 Å². The lowest BCUT2D eigenvalue weighted by Crippen LogP contribution is -1.97. The van der Waals surface area contributed by atoms with Gasteiger partial charge in [-0.25, -0.2) is 0 Å². The van der Waals surface area contributed by atoms with Crippen LogP contribution in [0.1, 0.15) is 17.5 Å². The van der Waals surface area contributed by atoms with Crippen molar-refractivity contribution in [3.63, 3.8) is 0 Å². The van der Waals surface area contributed by atoms with Crippen molar-refractivity contribution in [2.24, 2.45) is 0 Å². The summed E-state index contributed by atoms with van der Waals surface area (Å²) in [5.74, 6) is -0.531. The van der Waals surface area contributed by atoms with Crippen molar-refractivity contribution in [1.82, 2.24) is 10.2 Å². The fraction of sp³-hybridized carbons (Fsp3) is 0.308. The number of aliphatic carboxylic acids is 1. The number of hydrogen-bond donors (Lipinski definition) is 1. The molecule has 1 aliphatic carbocycles. The van der Waals surface area contributed by atoms with E-state index in [2.05, 4.69) is 22.3 Å². The van der Waals surface area contributed by atoms with Gasteiger partial charge in [-0.15, -0.1) is 10.2 Å². The van der Waals surface area contributed by atoms with E-state index in [9.17, 15) is 4.79 Å². The van der Waals surface area contributed by atoms with E-state index in [4.69, 9.17) is 9.52 Å². The molecule has 6 heteroatoms. The van der Waals surface area contributed by atoms with Gasteiger partial charge in [-0.05, 0) is 42.5 Å². The third-order valence-electron chi connectivity index (χ3n) is 3.07. The number of carbonyl (C=O) groups is 1. The first-order valence-corrected chi connectivity index (χ1v) is 7.01. The summed E-state index contributed by atoms with van der Waals surface area (Å²) in [6.45, 7) is 0. The summed E-state index contributed by atoms with van der Waals surface area (Å²) >= 11 is 1.03. The zero-order chi connectivity index (χ0) is 13.2. The molecule has 0 amide bonds. The molecule has 0 bridgehead atoms. The molecule has 1 aliphatic rings. The zero-order valence-electron chi connectivity index (χ0n) is 10.1. The smallest absolute Gasteiger partial charge is 0.314 e. The summed E-state index contributed by atoms with van der Waals surface area (Å²) in [5, 5.41) is 16.7. The molecule has 19 heavy (non-hydrogen) atoms. The summed E-state index contributed by atoms with van der Waals surface area (Å²) in [7, 11) is 0. The van der Waals surface area contributed by atoms with Crippen molar-refractivity contribution in [2.45, 2.75) is 24.5 Å². The van der Waals surface area contributed by atoms with Gasteiger partial charge in [0.2, 0.25) is 5.89 Å². The molecule has 1 aromatic carbocycles. The molecule has 3 rings (SSSR count). The number of fused-ring (bicyclic) bond motifs is 1. The van der Waals surface area contributed by atoms with E-state index in [0.29, 0.717) is 5.89 Å². The van der Waals surface area contributed by atoms with Gasteiger partial charge in [0.15, 0.2) is 0 Å². The van der Waals surface area contributed by atoms with Gasteiger partial charge in [0.25, 0.3) is 5.22 Å². The number of aromatic nitrogens is 2. The maximum absolute atomic E-state index is 10.5. The van der Waals surface area contributed by atoms with Gasteiger partial charge in [0.05, 0.1) is 0 Å². The molecule has 0 saturated heterocycles. The first-order chi connectivity index (χ1) is 9.22. The second-order valence-electron chi connectivity index (χ2n) is 4.39. The maximum Gasteiger partial charge on any atom is 0.314 e. The molecule has 0 fully saturated rings. The highest BCUT2D eigenvalue weighted by Gasteiger charge is 2.15. The minimum atomic E-state index is -0.901. The molecule has 1 aromatic heterocycles. The second kappa shape index (κ2) is 5.05. The van der Waals surface area contributed by atoms with E-state index >= 15 is 0 Å². The molecule has 1 heterocycles.